The van der Waals surface area contributed by atoms with Crippen LogP contribution in [0.1, 0.15) is 93.6 Å². The summed E-state index contributed by atoms with van der Waals surface area (Å²) in [6, 6.07) is 7.75. The highest BCUT2D eigenvalue weighted by molar-refractivity contribution is 6.05. The molecule has 12 nitrogen and oxygen atoms in total. The first-order chi connectivity index (χ1) is 19.6. The molecule has 0 saturated heterocycles. The zero-order valence-corrected chi connectivity index (χ0v) is 25.2. The number of carbonyl (C=O) groups is 3. The second-order valence-electron chi connectivity index (χ2n) is 12.5. The molecule has 0 bridgehead atoms. The van der Waals surface area contributed by atoms with Crippen molar-refractivity contribution in [2.75, 3.05) is 10.4 Å². The summed E-state index contributed by atoms with van der Waals surface area (Å²) in [5.74, 6) is -0.980. The van der Waals surface area contributed by atoms with Crippen LogP contribution in [0.5, 0.6) is 0 Å². The smallest absolute Gasteiger partial charge is 0.407 e. The van der Waals surface area contributed by atoms with Crippen LogP contribution in [0.15, 0.2) is 36.5 Å². The summed E-state index contributed by atoms with van der Waals surface area (Å²) in [6.07, 6.45) is 4.30. The topological polar surface area (TPSA) is 147 Å². The van der Waals surface area contributed by atoms with E-state index in [4.69, 9.17) is 14.6 Å². The van der Waals surface area contributed by atoms with E-state index in [2.05, 4.69) is 15.7 Å². The van der Waals surface area contributed by atoms with Crippen LogP contribution < -0.4 is 15.7 Å². The van der Waals surface area contributed by atoms with Gasteiger partial charge in [-0.3, -0.25) is 9.63 Å². The summed E-state index contributed by atoms with van der Waals surface area (Å²) in [6.45, 7) is 12.8. The van der Waals surface area contributed by atoms with Gasteiger partial charge in [0.25, 0.3) is 0 Å². The van der Waals surface area contributed by atoms with Gasteiger partial charge in [-0.15, -0.1) is 0 Å². The van der Waals surface area contributed by atoms with Crippen LogP contribution in [0.2, 0.25) is 0 Å². The third-order valence-electron chi connectivity index (χ3n) is 6.66. The fourth-order valence-electron chi connectivity index (χ4n) is 4.78. The zero-order valence-electron chi connectivity index (χ0n) is 25.2. The maximum Gasteiger partial charge on any atom is 0.407 e. The highest BCUT2D eigenvalue weighted by Crippen LogP contribution is 2.29. The van der Waals surface area contributed by atoms with Crippen molar-refractivity contribution >= 4 is 35.1 Å². The average Bonchev–Trinajstić information content (AvgIpc) is 3.35. The molecule has 1 fully saturated rings. The third-order valence-corrected chi connectivity index (χ3v) is 6.66. The fraction of sp³-hybridized carbons (Fsp3) is 0.500. The lowest BCUT2D eigenvalue weighted by Crippen LogP contribution is -2.42. The van der Waals surface area contributed by atoms with Crippen LogP contribution >= 0.6 is 0 Å². The molecule has 1 aliphatic carbocycles. The van der Waals surface area contributed by atoms with Crippen molar-refractivity contribution in [1.29, 1.82) is 0 Å². The van der Waals surface area contributed by atoms with E-state index >= 15 is 0 Å². The van der Waals surface area contributed by atoms with E-state index in [-0.39, 0.29) is 23.3 Å². The number of nitrogens with zero attached hydrogens (tertiary/aromatic N) is 4. The van der Waals surface area contributed by atoms with E-state index < -0.39 is 29.2 Å². The van der Waals surface area contributed by atoms with Gasteiger partial charge in [0.2, 0.25) is 0 Å². The monoisotopic (exact) mass is 580 g/mol. The molecule has 12 heteroatoms. The van der Waals surface area contributed by atoms with Crippen LogP contribution in [0.3, 0.4) is 0 Å². The number of alkyl carbamates (subject to hydrolysis) is 1. The number of rotatable bonds is 7. The van der Waals surface area contributed by atoms with Crippen molar-refractivity contribution in [2.45, 2.75) is 97.4 Å². The molecule has 4 rings (SSSR count). The molecule has 1 aliphatic rings. The van der Waals surface area contributed by atoms with Gasteiger partial charge in [0, 0.05) is 23.7 Å². The molecular weight excluding hydrogens is 540 g/mol. The number of fused-ring (bicyclic) bond motifs is 1. The molecule has 1 aromatic carbocycles. The Balaban J connectivity index is 1.58. The van der Waals surface area contributed by atoms with Crippen molar-refractivity contribution in [3.05, 3.63) is 53.3 Å². The first-order valence-electron chi connectivity index (χ1n) is 14.1. The van der Waals surface area contributed by atoms with Crippen LogP contribution in [0.25, 0.3) is 5.65 Å². The number of amides is 2. The van der Waals surface area contributed by atoms with Crippen LogP contribution in [0, 0.1) is 6.92 Å². The number of hydroxylamine groups is 1. The summed E-state index contributed by atoms with van der Waals surface area (Å²) in [4.78, 5) is 48.6. The Kier molecular flexibility index (Phi) is 8.76. The summed E-state index contributed by atoms with van der Waals surface area (Å²) in [7, 11) is 0. The number of carbonyl (C=O) groups excluding carboxylic acids is 2. The normalized spacial score (nSPS) is 17.5. The Hall–Kier alpha value is -4.19. The number of anilines is 2. The van der Waals surface area contributed by atoms with E-state index in [0.29, 0.717) is 22.7 Å². The van der Waals surface area contributed by atoms with Gasteiger partial charge in [-0.25, -0.2) is 19.1 Å². The van der Waals surface area contributed by atoms with Crippen molar-refractivity contribution in [3.8, 4) is 0 Å². The zero-order chi connectivity index (χ0) is 30.8. The van der Waals surface area contributed by atoms with Gasteiger partial charge in [-0.2, -0.15) is 10.2 Å². The number of hydrogen-bond donors (Lipinski definition) is 3. The van der Waals surface area contributed by atoms with Gasteiger partial charge in [0.05, 0.1) is 23.0 Å². The van der Waals surface area contributed by atoms with Crippen molar-refractivity contribution in [3.63, 3.8) is 0 Å². The molecule has 3 N–H and O–H groups in total. The average molecular weight is 581 g/mol. The first kappa shape index (κ1) is 30.8. The number of aromatic nitrogens is 3. The van der Waals surface area contributed by atoms with Gasteiger partial charge < -0.3 is 20.5 Å². The van der Waals surface area contributed by atoms with E-state index in [9.17, 15) is 19.5 Å². The Morgan fingerprint density at radius 1 is 0.952 bits per heavy atom. The molecule has 0 aliphatic heterocycles. The molecule has 0 radical (unpaired) electrons. The Morgan fingerprint density at radius 3 is 2.14 bits per heavy atom. The molecule has 0 atom stereocenters. The molecule has 226 valence electrons. The van der Waals surface area contributed by atoms with Crippen molar-refractivity contribution in [1.82, 2.24) is 19.9 Å². The molecular formula is C30H40N6O6. The molecule has 2 amide bonds. The van der Waals surface area contributed by atoms with E-state index in [0.717, 1.165) is 25.7 Å². The number of nitrogens with one attached hydrogen (secondary N) is 2. The number of aromatic carboxylic acids is 1. The predicted octanol–water partition coefficient (Wildman–Crippen LogP) is 5.36. The minimum Gasteiger partial charge on any atom is -0.478 e. The number of carboxylic acids is 1. The van der Waals surface area contributed by atoms with Crippen LogP contribution in [-0.2, 0) is 9.57 Å². The summed E-state index contributed by atoms with van der Waals surface area (Å²) in [5.41, 5.74) is 0.528. The van der Waals surface area contributed by atoms with Gasteiger partial charge in [-0.05, 0) is 98.4 Å². The highest BCUT2D eigenvalue weighted by Gasteiger charge is 2.31. The lowest BCUT2D eigenvalue weighted by atomic mass is 9.91. The Bertz CT molecular complexity index is 1450. The summed E-state index contributed by atoms with van der Waals surface area (Å²) in [5, 5.41) is 21.3. The molecule has 42 heavy (non-hydrogen) atoms. The Labute approximate surface area is 245 Å². The van der Waals surface area contributed by atoms with Crippen molar-refractivity contribution in [2.24, 2.45) is 0 Å². The number of carboxylic acid groups (broad SMARTS) is 1. The summed E-state index contributed by atoms with van der Waals surface area (Å²) >= 11 is 0. The molecule has 3 aromatic rings. The quantitative estimate of drug-likeness (QED) is 0.314. The highest BCUT2D eigenvalue weighted by atomic mass is 16.7. The van der Waals surface area contributed by atoms with Crippen LogP contribution in [-0.4, -0.2) is 61.0 Å². The van der Waals surface area contributed by atoms with E-state index in [1.54, 1.807) is 12.3 Å². The number of hydrogen-bond acceptors (Lipinski definition) is 8. The number of ether oxygens (including phenoxy) is 1. The van der Waals surface area contributed by atoms with Crippen LogP contribution in [0.4, 0.5) is 16.3 Å². The first-order valence-corrected chi connectivity index (χ1v) is 14.1. The molecule has 0 unspecified atom stereocenters. The predicted molar refractivity (Wildman–Crippen MR) is 158 cm³/mol. The van der Waals surface area contributed by atoms with Crippen molar-refractivity contribution < 1.29 is 29.1 Å². The van der Waals surface area contributed by atoms with Gasteiger partial charge in [0.15, 0.2) is 5.65 Å². The summed E-state index contributed by atoms with van der Waals surface area (Å²) < 4.78 is 6.87. The van der Waals surface area contributed by atoms with Gasteiger partial charge in [0.1, 0.15) is 17.1 Å². The maximum atomic E-state index is 14.2. The lowest BCUT2D eigenvalue weighted by molar-refractivity contribution is -0.0161. The van der Waals surface area contributed by atoms with E-state index in [1.165, 1.54) is 33.8 Å². The maximum absolute atomic E-state index is 14.2. The Morgan fingerprint density at radius 2 is 1.57 bits per heavy atom. The second kappa shape index (κ2) is 12.0. The molecule has 2 aromatic heterocycles. The number of benzene rings is 1. The third kappa shape index (κ3) is 7.55. The van der Waals surface area contributed by atoms with E-state index in [1.807, 2.05) is 48.5 Å². The van der Waals surface area contributed by atoms with Gasteiger partial charge >= 0.3 is 18.0 Å². The fourth-order valence-corrected chi connectivity index (χ4v) is 4.78. The standard InChI is InChI=1S/C30H40N6O6/c1-18-24(26(37)36(42-30(5,6)7)22-14-8-19(9-15-22)27(38)39)35-23(16-17-31-35)34-25(18)32-20-10-12-21(13-11-20)33-28(40)41-29(2,3)4/h8-9,14-17,20-21H,10-13H2,1-7H3,(H,32,34)(H,33,40)(H,38,39)/t20-,21-. The molecule has 1 saturated carbocycles. The SMILES string of the molecule is Cc1c(N[C@H]2CC[C@H](NC(=O)OC(C)(C)C)CC2)nc2ccnn2c1C(=O)N(OC(C)(C)C)c1ccc(C(=O)O)cc1. The van der Waals surface area contributed by atoms with Gasteiger partial charge in [-0.1, -0.05) is 0 Å². The minimum absolute atomic E-state index is 0.0250. The minimum atomic E-state index is -1.07. The second-order valence-corrected chi connectivity index (χ2v) is 12.5. The largest absolute Gasteiger partial charge is 0.478 e. The lowest BCUT2D eigenvalue weighted by Gasteiger charge is -2.32. The molecule has 0 spiro atoms. The molecule has 2 heterocycles.